The molecule has 0 bridgehead atoms. The third-order valence-corrected chi connectivity index (χ3v) is 6.02. The first kappa shape index (κ1) is 20.5. The number of para-hydroxylation sites is 1. The van der Waals surface area contributed by atoms with E-state index in [9.17, 15) is 12.8 Å². The van der Waals surface area contributed by atoms with Gasteiger partial charge in [0.05, 0.1) is 9.92 Å². The van der Waals surface area contributed by atoms with E-state index in [1.807, 2.05) is 6.07 Å². The van der Waals surface area contributed by atoms with Crippen molar-refractivity contribution in [2.24, 2.45) is 0 Å². The van der Waals surface area contributed by atoms with Crippen molar-refractivity contribution in [3.63, 3.8) is 0 Å². The molecule has 1 N–H and O–H groups in total. The maximum absolute atomic E-state index is 13.2. The topological polar surface area (TPSA) is 46.2 Å². The van der Waals surface area contributed by atoms with Gasteiger partial charge in [-0.1, -0.05) is 60.2 Å². The Balaban J connectivity index is 1.65. The smallest absolute Gasteiger partial charge is 0.261 e. The average Bonchev–Trinajstić information content (AvgIpc) is 2.65. The number of anilines is 1. The van der Waals surface area contributed by atoms with Crippen LogP contribution in [0.5, 0.6) is 0 Å². The van der Waals surface area contributed by atoms with Gasteiger partial charge in [0.2, 0.25) is 0 Å². The van der Waals surface area contributed by atoms with Gasteiger partial charge in [-0.25, -0.2) is 12.8 Å². The first-order valence-electron chi connectivity index (χ1n) is 8.46. The van der Waals surface area contributed by atoms with E-state index in [-0.39, 0.29) is 9.92 Å². The molecule has 0 aromatic heterocycles. The Morgan fingerprint density at radius 2 is 1.54 bits per heavy atom. The lowest BCUT2D eigenvalue weighted by Crippen LogP contribution is -2.13. The van der Waals surface area contributed by atoms with E-state index >= 15 is 0 Å². The van der Waals surface area contributed by atoms with Gasteiger partial charge in [0.1, 0.15) is 5.82 Å². The minimum absolute atomic E-state index is 0.0702. The zero-order valence-electron chi connectivity index (χ0n) is 14.7. The summed E-state index contributed by atoms with van der Waals surface area (Å²) in [5, 5.41) is 0.0702. The van der Waals surface area contributed by atoms with Crippen LogP contribution in [0.4, 0.5) is 10.1 Å². The summed E-state index contributed by atoms with van der Waals surface area (Å²) < 4.78 is 40.7. The number of sulfonamides is 1. The number of halogens is 2. The Morgan fingerprint density at radius 3 is 2.18 bits per heavy atom. The summed E-state index contributed by atoms with van der Waals surface area (Å²) in [5.41, 5.74) is 2.24. The van der Waals surface area contributed by atoms with Crippen LogP contribution in [0.2, 0.25) is 5.02 Å². The maximum Gasteiger partial charge on any atom is 0.261 e. The summed E-state index contributed by atoms with van der Waals surface area (Å²) in [6.07, 6.45) is 1.00. The van der Waals surface area contributed by atoms with Crippen molar-refractivity contribution >= 4 is 44.4 Å². The zero-order valence-corrected chi connectivity index (χ0v) is 17.1. The second kappa shape index (κ2) is 8.82. The van der Waals surface area contributed by atoms with E-state index in [0.29, 0.717) is 18.5 Å². The van der Waals surface area contributed by atoms with Crippen LogP contribution in [0.15, 0.2) is 77.7 Å². The standard InChI is InChI=1S/C21H17ClFNO2S2/c22-20-14-16(8-11-21(20)23)13-18(27)12-15-6-9-19(10-7-15)28(25,26)24-17-4-2-1-3-5-17/h1-11,14,24H,12-13H2. The van der Waals surface area contributed by atoms with Crippen molar-refractivity contribution in [1.82, 2.24) is 0 Å². The zero-order chi connectivity index (χ0) is 20.1. The molecular weight excluding hydrogens is 417 g/mol. The number of thiocarbonyl (C=S) groups is 1. The van der Waals surface area contributed by atoms with Crippen LogP contribution < -0.4 is 4.72 Å². The molecule has 3 nitrogen and oxygen atoms in total. The molecule has 0 radical (unpaired) electrons. The fraction of sp³-hybridized carbons (Fsp3) is 0.0952. The van der Waals surface area contributed by atoms with E-state index in [2.05, 4.69) is 4.72 Å². The third kappa shape index (κ3) is 5.38. The van der Waals surface area contributed by atoms with Crippen LogP contribution in [0, 0.1) is 5.82 Å². The molecule has 0 heterocycles. The molecular formula is C21H17ClFNO2S2. The molecule has 0 aliphatic heterocycles. The summed E-state index contributed by atoms with van der Waals surface area (Å²) in [6.45, 7) is 0. The molecule has 0 aliphatic carbocycles. The summed E-state index contributed by atoms with van der Waals surface area (Å²) in [5.74, 6) is -0.461. The highest BCUT2D eigenvalue weighted by atomic mass is 35.5. The highest BCUT2D eigenvalue weighted by molar-refractivity contribution is 7.92. The Kier molecular flexibility index (Phi) is 6.44. The second-order valence-electron chi connectivity index (χ2n) is 6.26. The predicted molar refractivity (Wildman–Crippen MR) is 115 cm³/mol. The van der Waals surface area contributed by atoms with Crippen LogP contribution >= 0.6 is 23.8 Å². The molecule has 0 aliphatic rings. The number of benzene rings is 3. The van der Waals surface area contributed by atoms with Crippen LogP contribution in [0.1, 0.15) is 11.1 Å². The van der Waals surface area contributed by atoms with Crippen LogP contribution in [-0.2, 0) is 22.9 Å². The number of nitrogens with one attached hydrogen (secondary N) is 1. The molecule has 3 aromatic rings. The maximum atomic E-state index is 13.2. The van der Waals surface area contributed by atoms with E-state index in [1.54, 1.807) is 60.7 Å². The lowest BCUT2D eigenvalue weighted by molar-refractivity contribution is 0.601. The van der Waals surface area contributed by atoms with E-state index in [0.717, 1.165) is 16.0 Å². The van der Waals surface area contributed by atoms with Crippen molar-refractivity contribution in [1.29, 1.82) is 0 Å². The molecule has 0 fully saturated rings. The van der Waals surface area contributed by atoms with Crippen molar-refractivity contribution in [2.45, 2.75) is 17.7 Å². The minimum atomic E-state index is -3.65. The predicted octanol–water partition coefficient (Wildman–Crippen LogP) is 5.44. The summed E-state index contributed by atoms with van der Waals surface area (Å²) in [7, 11) is -3.65. The lowest BCUT2D eigenvalue weighted by Gasteiger charge is -2.09. The van der Waals surface area contributed by atoms with Gasteiger partial charge in [0, 0.05) is 23.4 Å². The fourth-order valence-corrected chi connectivity index (χ4v) is 4.27. The van der Waals surface area contributed by atoms with E-state index in [4.69, 9.17) is 23.8 Å². The number of rotatable bonds is 7. The molecule has 0 unspecified atom stereocenters. The average molecular weight is 434 g/mol. The molecule has 0 saturated carbocycles. The van der Waals surface area contributed by atoms with Gasteiger partial charge in [-0.2, -0.15) is 0 Å². The van der Waals surface area contributed by atoms with Crippen LogP contribution in [0.25, 0.3) is 0 Å². The van der Waals surface area contributed by atoms with Crippen molar-refractivity contribution in [3.05, 3.63) is 94.8 Å². The highest BCUT2D eigenvalue weighted by Crippen LogP contribution is 2.19. The van der Waals surface area contributed by atoms with Gasteiger partial charge in [-0.3, -0.25) is 4.72 Å². The number of hydrogen-bond acceptors (Lipinski definition) is 3. The molecule has 3 rings (SSSR count). The van der Waals surface area contributed by atoms with E-state index < -0.39 is 15.8 Å². The van der Waals surface area contributed by atoms with Crippen molar-refractivity contribution < 1.29 is 12.8 Å². The minimum Gasteiger partial charge on any atom is -0.280 e. The Bertz CT molecular complexity index is 1090. The van der Waals surface area contributed by atoms with Crippen molar-refractivity contribution in [3.8, 4) is 0 Å². The number of hydrogen-bond donors (Lipinski definition) is 1. The molecule has 0 atom stereocenters. The molecule has 3 aromatic carbocycles. The van der Waals surface area contributed by atoms with Gasteiger partial charge >= 0.3 is 0 Å². The molecule has 7 heteroatoms. The normalized spacial score (nSPS) is 11.2. The van der Waals surface area contributed by atoms with Crippen LogP contribution in [0.3, 0.4) is 0 Å². The quantitative estimate of drug-likeness (QED) is 0.505. The summed E-state index contributed by atoms with van der Waals surface area (Å²) in [4.78, 5) is 0.928. The van der Waals surface area contributed by atoms with Gasteiger partial charge in [0.25, 0.3) is 10.0 Å². The van der Waals surface area contributed by atoms with Crippen molar-refractivity contribution in [2.75, 3.05) is 4.72 Å². The molecule has 0 saturated heterocycles. The highest BCUT2D eigenvalue weighted by Gasteiger charge is 2.14. The van der Waals surface area contributed by atoms with Gasteiger partial charge in [-0.05, 0) is 47.5 Å². The summed E-state index contributed by atoms with van der Waals surface area (Å²) >= 11 is 11.2. The summed E-state index contributed by atoms with van der Waals surface area (Å²) in [6, 6.07) is 19.8. The fourth-order valence-electron chi connectivity index (χ4n) is 2.67. The third-order valence-electron chi connectivity index (χ3n) is 4.05. The largest absolute Gasteiger partial charge is 0.280 e. The Hall–Kier alpha value is -2.28. The molecule has 0 spiro atoms. The Morgan fingerprint density at radius 1 is 0.929 bits per heavy atom. The van der Waals surface area contributed by atoms with Crippen LogP contribution in [-0.4, -0.2) is 13.3 Å². The first-order valence-corrected chi connectivity index (χ1v) is 10.7. The molecule has 28 heavy (non-hydrogen) atoms. The first-order chi connectivity index (χ1) is 13.3. The Labute approximate surface area is 174 Å². The molecule has 0 amide bonds. The lowest BCUT2D eigenvalue weighted by atomic mass is 10.0. The van der Waals surface area contributed by atoms with Gasteiger partial charge in [-0.15, -0.1) is 0 Å². The van der Waals surface area contributed by atoms with Gasteiger partial charge in [0.15, 0.2) is 0 Å². The monoisotopic (exact) mass is 433 g/mol. The molecule has 144 valence electrons. The van der Waals surface area contributed by atoms with Gasteiger partial charge < -0.3 is 0 Å². The van der Waals surface area contributed by atoms with E-state index in [1.165, 1.54) is 6.07 Å². The SMILES string of the molecule is O=S(=O)(Nc1ccccc1)c1ccc(CC(=S)Cc2ccc(F)c(Cl)c2)cc1. The second-order valence-corrected chi connectivity index (χ2v) is 8.92.